The van der Waals surface area contributed by atoms with Gasteiger partial charge in [-0.1, -0.05) is 56.3 Å². The van der Waals surface area contributed by atoms with Crippen molar-refractivity contribution in [1.82, 2.24) is 4.90 Å². The average Bonchev–Trinajstić information content (AvgIpc) is 2.90. The fourth-order valence-electron chi connectivity index (χ4n) is 2.63. The smallest absolute Gasteiger partial charge is 0.294 e. The van der Waals surface area contributed by atoms with Gasteiger partial charge in [0.25, 0.3) is 11.1 Å². The van der Waals surface area contributed by atoms with E-state index in [0.29, 0.717) is 16.5 Å². The fraction of sp³-hybridized carbons (Fsp3) is 0.190. The molecular formula is C21H20N2O3S. The number of carbonyl (C=O) groups is 3. The van der Waals surface area contributed by atoms with E-state index in [4.69, 9.17) is 0 Å². The van der Waals surface area contributed by atoms with Crippen LogP contribution in [0.4, 0.5) is 10.5 Å². The van der Waals surface area contributed by atoms with Crippen molar-refractivity contribution in [2.45, 2.75) is 19.8 Å². The molecule has 0 spiro atoms. The van der Waals surface area contributed by atoms with Gasteiger partial charge in [-0.15, -0.1) is 0 Å². The minimum absolute atomic E-state index is 0.303. The molecule has 2 aromatic rings. The van der Waals surface area contributed by atoms with Gasteiger partial charge < -0.3 is 5.32 Å². The Morgan fingerprint density at radius 2 is 1.74 bits per heavy atom. The summed E-state index contributed by atoms with van der Waals surface area (Å²) in [7, 11) is 0. The van der Waals surface area contributed by atoms with Crippen molar-refractivity contribution < 1.29 is 14.4 Å². The molecule has 5 nitrogen and oxygen atoms in total. The van der Waals surface area contributed by atoms with Crippen LogP contribution in [0.3, 0.4) is 0 Å². The van der Waals surface area contributed by atoms with E-state index in [0.717, 1.165) is 22.2 Å². The number of amides is 3. The van der Waals surface area contributed by atoms with Crippen LogP contribution in [-0.4, -0.2) is 28.5 Å². The monoisotopic (exact) mass is 380 g/mol. The summed E-state index contributed by atoms with van der Waals surface area (Å²) in [5.41, 5.74) is 2.64. The summed E-state index contributed by atoms with van der Waals surface area (Å²) in [5.74, 6) is -0.448. The highest BCUT2D eigenvalue weighted by molar-refractivity contribution is 8.18. The second-order valence-electron chi connectivity index (χ2n) is 6.50. The standard InChI is InChI=1S/C21H20N2O3S/c1-14(2)16-8-10-17(11-9-16)22-19(24)13-23-20(25)18(27-21(23)26)12-15-6-4-3-5-7-15/h3-12,14H,13H2,1-2H3,(H,22,24)/b18-12+. The summed E-state index contributed by atoms with van der Waals surface area (Å²) in [6, 6.07) is 16.8. The van der Waals surface area contributed by atoms with Gasteiger partial charge in [0.05, 0.1) is 4.91 Å². The van der Waals surface area contributed by atoms with Crippen LogP contribution in [0.1, 0.15) is 30.9 Å². The summed E-state index contributed by atoms with van der Waals surface area (Å²) < 4.78 is 0. The first kappa shape index (κ1) is 18.9. The minimum atomic E-state index is -0.445. The van der Waals surface area contributed by atoms with E-state index in [1.54, 1.807) is 6.08 Å². The van der Waals surface area contributed by atoms with Gasteiger partial charge in [0.1, 0.15) is 6.54 Å². The van der Waals surface area contributed by atoms with Crippen molar-refractivity contribution in [3.63, 3.8) is 0 Å². The number of anilines is 1. The minimum Gasteiger partial charge on any atom is -0.325 e. The Kier molecular flexibility index (Phi) is 5.76. The Morgan fingerprint density at radius 3 is 2.37 bits per heavy atom. The molecule has 1 aliphatic heterocycles. The third-order valence-corrected chi connectivity index (χ3v) is 5.04. The number of benzene rings is 2. The average molecular weight is 380 g/mol. The lowest BCUT2D eigenvalue weighted by molar-refractivity contribution is -0.127. The molecule has 3 rings (SSSR count). The first-order valence-electron chi connectivity index (χ1n) is 8.64. The van der Waals surface area contributed by atoms with E-state index in [-0.39, 0.29) is 6.54 Å². The molecule has 138 valence electrons. The second kappa shape index (κ2) is 8.22. The normalized spacial score (nSPS) is 15.7. The summed E-state index contributed by atoms with van der Waals surface area (Å²) >= 11 is 0.849. The third kappa shape index (κ3) is 4.65. The summed E-state index contributed by atoms with van der Waals surface area (Å²) in [5, 5.41) is 2.29. The van der Waals surface area contributed by atoms with Crippen molar-refractivity contribution in [3.8, 4) is 0 Å². The van der Waals surface area contributed by atoms with E-state index in [2.05, 4.69) is 19.2 Å². The quantitative estimate of drug-likeness (QED) is 0.777. The Balaban J connectivity index is 1.64. The molecule has 3 amide bonds. The molecule has 0 atom stereocenters. The van der Waals surface area contributed by atoms with Crippen LogP contribution in [0.25, 0.3) is 6.08 Å². The number of rotatable bonds is 5. The van der Waals surface area contributed by atoms with Gasteiger partial charge in [0.15, 0.2) is 0 Å². The Labute approximate surface area is 162 Å². The van der Waals surface area contributed by atoms with Crippen LogP contribution >= 0.6 is 11.8 Å². The number of carbonyl (C=O) groups excluding carboxylic acids is 3. The van der Waals surface area contributed by atoms with E-state index in [9.17, 15) is 14.4 Å². The molecule has 0 radical (unpaired) electrons. The second-order valence-corrected chi connectivity index (χ2v) is 7.50. The number of nitrogens with zero attached hydrogens (tertiary/aromatic N) is 1. The summed E-state index contributed by atoms with van der Waals surface area (Å²) in [6.07, 6.45) is 1.66. The van der Waals surface area contributed by atoms with Crippen LogP contribution in [0.15, 0.2) is 59.5 Å². The van der Waals surface area contributed by atoms with Crippen molar-refractivity contribution >= 4 is 40.6 Å². The molecule has 2 aromatic carbocycles. The number of thioether (sulfide) groups is 1. The van der Waals surface area contributed by atoms with Crippen molar-refractivity contribution in [2.24, 2.45) is 0 Å². The zero-order valence-corrected chi connectivity index (χ0v) is 16.0. The fourth-order valence-corrected chi connectivity index (χ4v) is 3.47. The van der Waals surface area contributed by atoms with E-state index in [1.165, 1.54) is 5.56 Å². The van der Waals surface area contributed by atoms with E-state index < -0.39 is 17.1 Å². The maximum atomic E-state index is 12.5. The van der Waals surface area contributed by atoms with Gasteiger partial charge in [-0.05, 0) is 47.0 Å². The van der Waals surface area contributed by atoms with Gasteiger partial charge in [0.2, 0.25) is 5.91 Å². The zero-order chi connectivity index (χ0) is 19.4. The van der Waals surface area contributed by atoms with Crippen molar-refractivity contribution in [3.05, 3.63) is 70.6 Å². The lowest BCUT2D eigenvalue weighted by Crippen LogP contribution is -2.36. The van der Waals surface area contributed by atoms with Crippen molar-refractivity contribution in [2.75, 3.05) is 11.9 Å². The highest BCUT2D eigenvalue weighted by Crippen LogP contribution is 2.32. The molecule has 6 heteroatoms. The summed E-state index contributed by atoms with van der Waals surface area (Å²) in [4.78, 5) is 38.2. The summed E-state index contributed by atoms with van der Waals surface area (Å²) in [6.45, 7) is 3.88. The molecular weight excluding hydrogens is 360 g/mol. The first-order chi connectivity index (χ1) is 12.9. The third-order valence-electron chi connectivity index (χ3n) is 4.13. The van der Waals surface area contributed by atoms with Crippen LogP contribution < -0.4 is 5.32 Å². The van der Waals surface area contributed by atoms with Crippen LogP contribution in [0.2, 0.25) is 0 Å². The molecule has 0 bridgehead atoms. The molecule has 1 fully saturated rings. The van der Waals surface area contributed by atoms with E-state index in [1.807, 2.05) is 54.6 Å². The van der Waals surface area contributed by atoms with Crippen LogP contribution in [0, 0.1) is 0 Å². The van der Waals surface area contributed by atoms with Crippen LogP contribution in [0.5, 0.6) is 0 Å². The van der Waals surface area contributed by atoms with Gasteiger partial charge in [-0.2, -0.15) is 0 Å². The largest absolute Gasteiger partial charge is 0.325 e. The molecule has 0 aromatic heterocycles. The molecule has 0 aliphatic carbocycles. The molecule has 1 saturated heterocycles. The number of hydrogen-bond acceptors (Lipinski definition) is 4. The highest BCUT2D eigenvalue weighted by Gasteiger charge is 2.36. The Bertz CT molecular complexity index is 889. The SMILES string of the molecule is CC(C)c1ccc(NC(=O)CN2C(=O)S/C(=C/c3ccccc3)C2=O)cc1. The van der Waals surface area contributed by atoms with Gasteiger partial charge in [-0.25, -0.2) is 0 Å². The maximum Gasteiger partial charge on any atom is 0.294 e. The van der Waals surface area contributed by atoms with Crippen LogP contribution in [-0.2, 0) is 9.59 Å². The number of nitrogens with one attached hydrogen (secondary N) is 1. The van der Waals surface area contributed by atoms with Gasteiger partial charge in [0, 0.05) is 5.69 Å². The Morgan fingerprint density at radius 1 is 1.07 bits per heavy atom. The number of imide groups is 1. The van der Waals surface area contributed by atoms with E-state index >= 15 is 0 Å². The topological polar surface area (TPSA) is 66.5 Å². The zero-order valence-electron chi connectivity index (χ0n) is 15.1. The molecule has 1 N–H and O–H groups in total. The predicted molar refractivity (Wildman–Crippen MR) is 108 cm³/mol. The number of hydrogen-bond donors (Lipinski definition) is 1. The lowest BCUT2D eigenvalue weighted by Gasteiger charge is -2.13. The Hall–Kier alpha value is -2.86. The molecule has 27 heavy (non-hydrogen) atoms. The predicted octanol–water partition coefficient (Wildman–Crippen LogP) is 4.49. The highest BCUT2D eigenvalue weighted by atomic mass is 32.2. The van der Waals surface area contributed by atoms with Gasteiger partial charge >= 0.3 is 0 Å². The lowest BCUT2D eigenvalue weighted by atomic mass is 10.0. The first-order valence-corrected chi connectivity index (χ1v) is 9.46. The maximum absolute atomic E-state index is 12.5. The molecule has 0 saturated carbocycles. The van der Waals surface area contributed by atoms with Crippen molar-refractivity contribution in [1.29, 1.82) is 0 Å². The van der Waals surface area contributed by atoms with Gasteiger partial charge in [-0.3, -0.25) is 19.3 Å². The molecule has 1 heterocycles. The molecule has 0 unspecified atom stereocenters. The molecule has 1 aliphatic rings.